The summed E-state index contributed by atoms with van der Waals surface area (Å²) in [6.07, 6.45) is -4.43. The maximum absolute atomic E-state index is 12.7. The molecule has 2 amide bonds. The van der Waals surface area contributed by atoms with Crippen molar-refractivity contribution in [2.75, 3.05) is 18.4 Å². The third kappa shape index (κ3) is 4.44. The van der Waals surface area contributed by atoms with E-state index in [2.05, 4.69) is 26.6 Å². The maximum Gasteiger partial charge on any atom is 0.418 e. The second-order valence-electron chi connectivity index (χ2n) is 3.41. The van der Waals surface area contributed by atoms with Gasteiger partial charge in [0.2, 0.25) is 0 Å². The standard InChI is InChI=1S/C10H11BrF3N3O/c11-6-1-2-7(10(12,13)14)8(5-6)16-3-4-17-9(15)18/h1-2,5,16H,3-4H2,(H3,15,17,18). The van der Waals surface area contributed by atoms with E-state index in [4.69, 9.17) is 5.73 Å². The molecule has 4 nitrogen and oxygen atoms in total. The molecule has 0 aromatic heterocycles. The van der Waals surface area contributed by atoms with Crippen molar-refractivity contribution in [3.63, 3.8) is 0 Å². The lowest BCUT2D eigenvalue weighted by Crippen LogP contribution is -2.33. The Labute approximate surface area is 110 Å². The van der Waals surface area contributed by atoms with Crippen molar-refractivity contribution in [1.29, 1.82) is 0 Å². The van der Waals surface area contributed by atoms with Gasteiger partial charge >= 0.3 is 12.2 Å². The van der Waals surface area contributed by atoms with Gasteiger partial charge in [-0.15, -0.1) is 0 Å². The second kappa shape index (κ2) is 5.94. The number of primary amides is 1. The van der Waals surface area contributed by atoms with Crippen LogP contribution in [0.1, 0.15) is 5.56 Å². The molecule has 0 atom stereocenters. The van der Waals surface area contributed by atoms with Gasteiger partial charge in [-0.05, 0) is 18.2 Å². The predicted octanol–water partition coefficient (Wildman–Crippen LogP) is 2.55. The minimum absolute atomic E-state index is 0.0526. The molecule has 100 valence electrons. The molecule has 0 fully saturated rings. The molecule has 0 aliphatic heterocycles. The summed E-state index contributed by atoms with van der Waals surface area (Å²) in [5.41, 5.74) is 4.02. The van der Waals surface area contributed by atoms with Crippen molar-refractivity contribution in [1.82, 2.24) is 5.32 Å². The van der Waals surface area contributed by atoms with Crippen LogP contribution in [0.2, 0.25) is 0 Å². The first-order valence-corrected chi connectivity index (χ1v) is 5.74. The molecule has 4 N–H and O–H groups in total. The number of halogens is 4. The molecule has 0 spiro atoms. The summed E-state index contributed by atoms with van der Waals surface area (Å²) in [5.74, 6) is 0. The summed E-state index contributed by atoms with van der Waals surface area (Å²) in [5, 5.41) is 4.87. The minimum atomic E-state index is -4.43. The van der Waals surface area contributed by atoms with Crippen LogP contribution in [-0.4, -0.2) is 19.1 Å². The predicted molar refractivity (Wildman–Crippen MR) is 65.2 cm³/mol. The van der Waals surface area contributed by atoms with Crippen molar-refractivity contribution in [3.05, 3.63) is 28.2 Å². The number of hydrogen-bond acceptors (Lipinski definition) is 2. The van der Waals surface area contributed by atoms with Crippen LogP contribution in [0.4, 0.5) is 23.7 Å². The van der Waals surface area contributed by atoms with Crippen LogP contribution in [-0.2, 0) is 6.18 Å². The number of carbonyl (C=O) groups is 1. The summed E-state index contributed by atoms with van der Waals surface area (Å²) >= 11 is 3.10. The fraction of sp³-hybridized carbons (Fsp3) is 0.300. The Morgan fingerprint density at radius 1 is 1.33 bits per heavy atom. The Hall–Kier alpha value is -1.44. The molecule has 0 saturated heterocycles. The molecule has 0 heterocycles. The normalized spacial score (nSPS) is 11.1. The van der Waals surface area contributed by atoms with Gasteiger partial charge in [0.1, 0.15) is 0 Å². The number of alkyl halides is 3. The number of rotatable bonds is 4. The highest BCUT2D eigenvalue weighted by atomic mass is 79.9. The van der Waals surface area contributed by atoms with E-state index in [-0.39, 0.29) is 18.8 Å². The van der Waals surface area contributed by atoms with Crippen molar-refractivity contribution in [2.24, 2.45) is 5.73 Å². The molecule has 0 bridgehead atoms. The zero-order valence-electron chi connectivity index (χ0n) is 9.14. The monoisotopic (exact) mass is 325 g/mol. The van der Waals surface area contributed by atoms with E-state index in [0.717, 1.165) is 6.07 Å². The Morgan fingerprint density at radius 2 is 2.00 bits per heavy atom. The number of urea groups is 1. The highest BCUT2D eigenvalue weighted by Crippen LogP contribution is 2.36. The molecule has 1 aromatic carbocycles. The molecule has 0 aliphatic carbocycles. The van der Waals surface area contributed by atoms with Gasteiger partial charge in [0.05, 0.1) is 5.56 Å². The summed E-state index contributed by atoms with van der Waals surface area (Å²) in [6.45, 7) is 0.279. The van der Waals surface area contributed by atoms with Crippen molar-refractivity contribution in [3.8, 4) is 0 Å². The number of amides is 2. The zero-order chi connectivity index (χ0) is 13.8. The SMILES string of the molecule is NC(=O)NCCNc1cc(Br)ccc1C(F)(F)F. The second-order valence-corrected chi connectivity index (χ2v) is 4.32. The van der Waals surface area contributed by atoms with E-state index in [9.17, 15) is 18.0 Å². The van der Waals surface area contributed by atoms with Gasteiger partial charge in [-0.25, -0.2) is 4.79 Å². The van der Waals surface area contributed by atoms with Crippen LogP contribution in [0.3, 0.4) is 0 Å². The molecule has 0 saturated carbocycles. The minimum Gasteiger partial charge on any atom is -0.383 e. The Bertz CT molecular complexity index is 437. The third-order valence-corrected chi connectivity index (χ3v) is 2.52. The number of benzene rings is 1. The average molecular weight is 326 g/mol. The quantitative estimate of drug-likeness (QED) is 0.745. The molecule has 18 heavy (non-hydrogen) atoms. The Balaban J connectivity index is 2.74. The van der Waals surface area contributed by atoms with Crippen molar-refractivity contribution >= 4 is 27.6 Å². The maximum atomic E-state index is 12.7. The van der Waals surface area contributed by atoms with E-state index < -0.39 is 17.8 Å². The zero-order valence-corrected chi connectivity index (χ0v) is 10.7. The summed E-state index contributed by atoms with van der Waals surface area (Å²) in [6, 6.07) is 2.90. The molecular weight excluding hydrogens is 315 g/mol. The molecule has 0 unspecified atom stereocenters. The fourth-order valence-corrected chi connectivity index (χ4v) is 1.65. The Kier molecular flexibility index (Phi) is 4.83. The van der Waals surface area contributed by atoms with Crippen LogP contribution in [0, 0.1) is 0 Å². The van der Waals surface area contributed by atoms with Gasteiger partial charge in [-0.1, -0.05) is 15.9 Å². The van der Waals surface area contributed by atoms with Gasteiger partial charge in [0.15, 0.2) is 0 Å². The number of nitrogens with one attached hydrogen (secondary N) is 2. The molecule has 1 rings (SSSR count). The number of carbonyl (C=O) groups excluding carboxylic acids is 1. The number of nitrogens with two attached hydrogens (primary N) is 1. The molecule has 0 radical (unpaired) electrons. The van der Waals surface area contributed by atoms with Crippen molar-refractivity contribution in [2.45, 2.75) is 6.18 Å². The highest BCUT2D eigenvalue weighted by Gasteiger charge is 2.33. The summed E-state index contributed by atoms with van der Waals surface area (Å²) in [4.78, 5) is 10.4. The number of hydrogen-bond donors (Lipinski definition) is 3. The van der Waals surface area contributed by atoms with E-state index in [1.54, 1.807) is 0 Å². The smallest absolute Gasteiger partial charge is 0.383 e. The van der Waals surface area contributed by atoms with E-state index in [0.29, 0.717) is 4.47 Å². The lowest BCUT2D eigenvalue weighted by atomic mass is 10.1. The van der Waals surface area contributed by atoms with E-state index >= 15 is 0 Å². The van der Waals surface area contributed by atoms with Gasteiger partial charge in [-0.3, -0.25) is 0 Å². The topological polar surface area (TPSA) is 67.2 Å². The first-order chi connectivity index (χ1) is 8.30. The van der Waals surface area contributed by atoms with Crippen LogP contribution < -0.4 is 16.4 Å². The van der Waals surface area contributed by atoms with Crippen LogP contribution >= 0.6 is 15.9 Å². The molecule has 1 aromatic rings. The van der Waals surface area contributed by atoms with E-state index in [1.807, 2.05) is 0 Å². The Morgan fingerprint density at radius 3 is 2.56 bits per heavy atom. The molecular formula is C10H11BrF3N3O. The fourth-order valence-electron chi connectivity index (χ4n) is 1.29. The highest BCUT2D eigenvalue weighted by molar-refractivity contribution is 9.10. The summed E-state index contributed by atoms with van der Waals surface area (Å²) in [7, 11) is 0. The largest absolute Gasteiger partial charge is 0.418 e. The molecule has 8 heteroatoms. The van der Waals surface area contributed by atoms with Crippen LogP contribution in [0.15, 0.2) is 22.7 Å². The van der Waals surface area contributed by atoms with Gasteiger partial charge in [-0.2, -0.15) is 13.2 Å². The third-order valence-electron chi connectivity index (χ3n) is 2.03. The van der Waals surface area contributed by atoms with Gasteiger partial charge in [0, 0.05) is 23.2 Å². The van der Waals surface area contributed by atoms with Gasteiger partial charge in [0.25, 0.3) is 0 Å². The molecule has 0 aliphatic rings. The first-order valence-electron chi connectivity index (χ1n) is 4.94. The van der Waals surface area contributed by atoms with Gasteiger partial charge < -0.3 is 16.4 Å². The lowest BCUT2D eigenvalue weighted by molar-refractivity contribution is -0.137. The first kappa shape index (κ1) is 14.6. The van der Waals surface area contributed by atoms with Crippen LogP contribution in [0.5, 0.6) is 0 Å². The van der Waals surface area contributed by atoms with Crippen molar-refractivity contribution < 1.29 is 18.0 Å². The summed E-state index contributed by atoms with van der Waals surface area (Å²) < 4.78 is 38.5. The average Bonchev–Trinajstić information content (AvgIpc) is 2.22. The van der Waals surface area contributed by atoms with Crippen LogP contribution in [0.25, 0.3) is 0 Å². The van der Waals surface area contributed by atoms with E-state index in [1.165, 1.54) is 12.1 Å². The lowest BCUT2D eigenvalue weighted by Gasteiger charge is -2.15. The number of anilines is 1.